The molecule has 0 bridgehead atoms. The van der Waals surface area contributed by atoms with Crippen molar-refractivity contribution in [1.29, 1.82) is 0 Å². The molecule has 1 heterocycles. The fourth-order valence-electron chi connectivity index (χ4n) is 2.24. The van der Waals surface area contributed by atoms with Crippen molar-refractivity contribution in [3.63, 3.8) is 0 Å². The molecule has 0 aromatic carbocycles. The van der Waals surface area contributed by atoms with Gasteiger partial charge in [0.25, 0.3) is 0 Å². The van der Waals surface area contributed by atoms with Crippen LogP contribution in [0.5, 0.6) is 0 Å². The van der Waals surface area contributed by atoms with Crippen molar-refractivity contribution in [3.05, 3.63) is 46.8 Å². The first-order valence-corrected chi connectivity index (χ1v) is 5.39. The number of fused-ring (bicyclic) bond motifs is 2. The highest BCUT2D eigenvalue weighted by Crippen LogP contribution is 2.35. The summed E-state index contributed by atoms with van der Waals surface area (Å²) in [7, 11) is 1.66. The summed E-state index contributed by atoms with van der Waals surface area (Å²) < 4.78 is 5.14. The maximum atomic E-state index is 11.8. The number of rotatable bonds is 0. The van der Waals surface area contributed by atoms with Gasteiger partial charge in [0.15, 0.2) is 5.78 Å². The second kappa shape index (κ2) is 3.20. The first-order chi connectivity index (χ1) is 8.08. The molecule has 0 aromatic rings. The number of ether oxygens (including phenoxy) is 1. The number of hydrogen-bond donors (Lipinski definition) is 0. The molecule has 4 nitrogen and oxygen atoms in total. The lowest BCUT2D eigenvalue weighted by Crippen LogP contribution is -2.29. The maximum absolute atomic E-state index is 11.8. The largest absolute Gasteiger partial charge is 0.415 e. The minimum Gasteiger partial charge on any atom is -0.412 e. The van der Waals surface area contributed by atoms with Gasteiger partial charge in [0, 0.05) is 12.6 Å². The molecule has 86 valence electrons. The molecule has 17 heavy (non-hydrogen) atoms. The number of hydrogen-bond acceptors (Lipinski definition) is 3. The molecule has 1 fully saturated rings. The number of likely N-dealkylation sites (N-methyl/N-ethyl adjacent to an activating group) is 1. The van der Waals surface area contributed by atoms with Crippen LogP contribution in [-0.4, -0.2) is 29.9 Å². The topological polar surface area (TPSA) is 46.6 Å². The molecule has 2 aliphatic carbocycles. The van der Waals surface area contributed by atoms with Crippen LogP contribution in [0.25, 0.3) is 0 Å². The molecule has 1 saturated heterocycles. The number of carbonyl (C=O) groups is 2. The first kappa shape index (κ1) is 10.1. The first-order valence-electron chi connectivity index (χ1n) is 5.39. The third-order valence-corrected chi connectivity index (χ3v) is 3.28. The van der Waals surface area contributed by atoms with E-state index < -0.39 is 0 Å². The molecule has 0 spiro atoms. The van der Waals surface area contributed by atoms with Gasteiger partial charge in [0.05, 0.1) is 0 Å². The van der Waals surface area contributed by atoms with Gasteiger partial charge in [0.1, 0.15) is 11.8 Å². The molecule has 1 unspecified atom stereocenters. The van der Waals surface area contributed by atoms with Crippen LogP contribution in [0.1, 0.15) is 6.92 Å². The summed E-state index contributed by atoms with van der Waals surface area (Å²) in [6, 6.07) is -0.246. The van der Waals surface area contributed by atoms with Gasteiger partial charge in [-0.3, -0.25) is 9.69 Å². The monoisotopic (exact) mass is 229 g/mol. The number of nitrogens with zero attached hydrogens (tertiary/aromatic N) is 1. The Morgan fingerprint density at radius 2 is 2.06 bits per heavy atom. The minimum atomic E-state index is -0.379. The van der Waals surface area contributed by atoms with E-state index >= 15 is 0 Å². The quantitative estimate of drug-likeness (QED) is 0.635. The standard InChI is InChI=1S/C13H11NO3/c1-7-3-4-11(15)9-5-10-12(6-8(7)9)17-13(16)14(10)2/h3-6,10H,1-2H3. The van der Waals surface area contributed by atoms with Crippen molar-refractivity contribution in [2.75, 3.05) is 7.05 Å². The van der Waals surface area contributed by atoms with Crippen LogP contribution >= 0.6 is 0 Å². The second-order valence-electron chi connectivity index (χ2n) is 4.35. The molecule has 1 atom stereocenters. The van der Waals surface area contributed by atoms with E-state index in [0.29, 0.717) is 11.3 Å². The average Bonchev–Trinajstić information content (AvgIpc) is 2.59. The SMILES string of the molecule is CC1=C2C=C3OC(=O)N(C)C3C=C2C(=O)C=C1. The van der Waals surface area contributed by atoms with E-state index in [1.54, 1.807) is 31.4 Å². The van der Waals surface area contributed by atoms with E-state index in [2.05, 4.69) is 0 Å². The molecule has 4 heteroatoms. The van der Waals surface area contributed by atoms with Crippen molar-refractivity contribution < 1.29 is 14.3 Å². The van der Waals surface area contributed by atoms with Gasteiger partial charge < -0.3 is 4.74 Å². The lowest BCUT2D eigenvalue weighted by Gasteiger charge is -2.22. The zero-order valence-corrected chi connectivity index (χ0v) is 9.56. The Bertz CT molecular complexity index is 563. The zero-order chi connectivity index (χ0) is 12.2. The molecule has 1 aliphatic heterocycles. The number of allylic oxidation sites excluding steroid dienone is 6. The van der Waals surface area contributed by atoms with Crippen LogP contribution < -0.4 is 0 Å². The molecule has 0 N–H and O–H groups in total. The number of amides is 1. The summed E-state index contributed by atoms with van der Waals surface area (Å²) in [5, 5.41) is 0. The van der Waals surface area contributed by atoms with Crippen LogP contribution in [0.3, 0.4) is 0 Å². The summed E-state index contributed by atoms with van der Waals surface area (Å²) in [4.78, 5) is 24.7. The van der Waals surface area contributed by atoms with E-state index in [-0.39, 0.29) is 17.9 Å². The lowest BCUT2D eigenvalue weighted by atomic mass is 9.86. The summed E-state index contributed by atoms with van der Waals surface area (Å²) in [5.74, 6) is 0.576. The van der Waals surface area contributed by atoms with Crippen LogP contribution in [0, 0.1) is 0 Å². The predicted octanol–water partition coefficient (Wildman–Crippen LogP) is 1.72. The Balaban J connectivity index is 2.15. The summed E-state index contributed by atoms with van der Waals surface area (Å²) in [6.45, 7) is 1.93. The second-order valence-corrected chi connectivity index (χ2v) is 4.35. The van der Waals surface area contributed by atoms with Crippen molar-refractivity contribution in [1.82, 2.24) is 4.90 Å². The predicted molar refractivity (Wildman–Crippen MR) is 61.0 cm³/mol. The normalized spacial score (nSPS) is 26.5. The molecule has 0 aromatic heterocycles. The average molecular weight is 229 g/mol. The van der Waals surface area contributed by atoms with Crippen LogP contribution in [0.15, 0.2) is 46.8 Å². The highest BCUT2D eigenvalue weighted by atomic mass is 16.6. The van der Waals surface area contributed by atoms with Crippen molar-refractivity contribution in [2.24, 2.45) is 0 Å². The molecule has 0 saturated carbocycles. The fraction of sp³-hybridized carbons (Fsp3) is 0.231. The summed E-state index contributed by atoms with van der Waals surface area (Å²) in [6.07, 6.45) is 6.55. The van der Waals surface area contributed by atoms with E-state index in [1.807, 2.05) is 6.92 Å². The van der Waals surface area contributed by atoms with E-state index in [4.69, 9.17) is 4.74 Å². The molecule has 3 aliphatic rings. The van der Waals surface area contributed by atoms with Gasteiger partial charge in [-0.1, -0.05) is 6.08 Å². The Hall–Kier alpha value is -2.10. The zero-order valence-electron chi connectivity index (χ0n) is 9.56. The Morgan fingerprint density at radius 1 is 1.29 bits per heavy atom. The Labute approximate surface area is 98.5 Å². The van der Waals surface area contributed by atoms with Gasteiger partial charge in [-0.05, 0) is 36.3 Å². The van der Waals surface area contributed by atoms with Gasteiger partial charge in [-0.15, -0.1) is 0 Å². The molecule has 1 amide bonds. The van der Waals surface area contributed by atoms with Crippen molar-refractivity contribution in [3.8, 4) is 0 Å². The van der Waals surface area contributed by atoms with E-state index in [1.165, 1.54) is 4.90 Å². The fourth-order valence-corrected chi connectivity index (χ4v) is 2.24. The van der Waals surface area contributed by atoms with E-state index in [0.717, 1.165) is 11.1 Å². The van der Waals surface area contributed by atoms with Gasteiger partial charge in [-0.2, -0.15) is 0 Å². The van der Waals surface area contributed by atoms with Crippen LogP contribution in [0.2, 0.25) is 0 Å². The number of carbonyl (C=O) groups excluding carboxylic acids is 2. The highest BCUT2D eigenvalue weighted by molar-refractivity contribution is 6.10. The van der Waals surface area contributed by atoms with Gasteiger partial charge in [0.2, 0.25) is 0 Å². The molecular formula is C13H11NO3. The number of ketones is 1. The third-order valence-electron chi connectivity index (χ3n) is 3.28. The molecular weight excluding hydrogens is 218 g/mol. The van der Waals surface area contributed by atoms with E-state index in [9.17, 15) is 9.59 Å². The van der Waals surface area contributed by atoms with Gasteiger partial charge >= 0.3 is 6.09 Å². The van der Waals surface area contributed by atoms with Crippen molar-refractivity contribution in [2.45, 2.75) is 13.0 Å². The minimum absolute atomic E-state index is 0.0198. The van der Waals surface area contributed by atoms with Crippen molar-refractivity contribution >= 4 is 11.9 Å². The highest BCUT2D eigenvalue weighted by Gasteiger charge is 2.38. The Morgan fingerprint density at radius 3 is 2.82 bits per heavy atom. The summed E-state index contributed by atoms with van der Waals surface area (Å²) >= 11 is 0. The summed E-state index contributed by atoms with van der Waals surface area (Å²) in [5.41, 5.74) is 2.52. The third kappa shape index (κ3) is 1.30. The smallest absolute Gasteiger partial charge is 0.412 e. The van der Waals surface area contributed by atoms with Crippen LogP contribution in [-0.2, 0) is 9.53 Å². The van der Waals surface area contributed by atoms with Crippen LogP contribution in [0.4, 0.5) is 4.79 Å². The lowest BCUT2D eigenvalue weighted by molar-refractivity contribution is -0.111. The molecule has 3 rings (SSSR count). The Kier molecular flexibility index (Phi) is 1.90. The maximum Gasteiger partial charge on any atom is 0.415 e. The van der Waals surface area contributed by atoms with Gasteiger partial charge in [-0.25, -0.2) is 4.79 Å². The molecule has 0 radical (unpaired) electrons.